The smallest absolute Gasteiger partial charge is 0.320 e. The van der Waals surface area contributed by atoms with Gasteiger partial charge >= 0.3 is 6.03 Å². The second kappa shape index (κ2) is 9.46. The summed E-state index contributed by atoms with van der Waals surface area (Å²) in [5.74, 6) is 0.390. The molecule has 0 aromatic heterocycles. The van der Waals surface area contributed by atoms with Gasteiger partial charge in [-0.15, -0.1) is 0 Å². The normalized spacial score (nSPS) is 19.8. The lowest BCUT2D eigenvalue weighted by Crippen LogP contribution is -2.54. The van der Waals surface area contributed by atoms with Gasteiger partial charge in [0.25, 0.3) is 0 Å². The first-order chi connectivity index (χ1) is 12.5. The summed E-state index contributed by atoms with van der Waals surface area (Å²) in [6.07, 6.45) is 3.99. The molecule has 144 valence electrons. The molecule has 1 aliphatic heterocycles. The van der Waals surface area contributed by atoms with Crippen molar-refractivity contribution in [3.05, 3.63) is 24.3 Å². The molecule has 1 aromatic carbocycles. The monoisotopic (exact) mass is 361 g/mol. The molecule has 0 saturated carbocycles. The minimum atomic E-state index is -0.214. The molecule has 0 unspecified atom stereocenters. The van der Waals surface area contributed by atoms with Crippen molar-refractivity contribution in [2.75, 3.05) is 25.5 Å². The van der Waals surface area contributed by atoms with Gasteiger partial charge < -0.3 is 19.9 Å². The summed E-state index contributed by atoms with van der Waals surface area (Å²) in [6.45, 7) is 6.80. The van der Waals surface area contributed by atoms with Crippen LogP contribution in [0.15, 0.2) is 24.3 Å². The number of ether oxygens (including phenoxy) is 1. The van der Waals surface area contributed by atoms with Crippen LogP contribution >= 0.6 is 0 Å². The van der Waals surface area contributed by atoms with Gasteiger partial charge in [0, 0.05) is 18.6 Å². The summed E-state index contributed by atoms with van der Waals surface area (Å²) in [7, 11) is 1.57. The van der Waals surface area contributed by atoms with Crippen LogP contribution in [-0.2, 0) is 4.79 Å². The van der Waals surface area contributed by atoms with Crippen LogP contribution < -0.4 is 10.1 Å². The number of para-hydroxylation sites is 2. The standard InChI is InChI=1S/C20H31N3O3/c1-5-13-22(20(25)23-15(2)9-8-10-16(23)3)14-19(24)21-17-11-6-7-12-18(17)26-4/h6-7,11-12,15-16H,5,8-10,13-14H2,1-4H3,(H,21,24)/t15-,16-/m0/s1. The molecule has 2 atom stereocenters. The van der Waals surface area contributed by atoms with Crippen LogP contribution in [0.1, 0.15) is 46.5 Å². The van der Waals surface area contributed by atoms with E-state index in [1.807, 2.05) is 24.0 Å². The Morgan fingerprint density at radius 1 is 1.23 bits per heavy atom. The molecule has 0 spiro atoms. The summed E-state index contributed by atoms with van der Waals surface area (Å²) in [5.41, 5.74) is 0.614. The Morgan fingerprint density at radius 2 is 1.88 bits per heavy atom. The van der Waals surface area contributed by atoms with Crippen molar-refractivity contribution in [2.24, 2.45) is 0 Å². The molecular weight excluding hydrogens is 330 g/mol. The van der Waals surface area contributed by atoms with Gasteiger partial charge in [0.05, 0.1) is 12.8 Å². The number of amides is 3. The van der Waals surface area contributed by atoms with Crippen LogP contribution in [0, 0.1) is 0 Å². The van der Waals surface area contributed by atoms with E-state index in [1.54, 1.807) is 24.1 Å². The van der Waals surface area contributed by atoms with Gasteiger partial charge in [-0.2, -0.15) is 0 Å². The molecule has 2 rings (SSSR count). The van der Waals surface area contributed by atoms with E-state index in [0.29, 0.717) is 18.0 Å². The fourth-order valence-electron chi connectivity index (χ4n) is 3.58. The highest BCUT2D eigenvalue weighted by Crippen LogP contribution is 2.25. The van der Waals surface area contributed by atoms with Crippen molar-refractivity contribution >= 4 is 17.6 Å². The quantitative estimate of drug-likeness (QED) is 0.840. The number of carbonyl (C=O) groups is 2. The van der Waals surface area contributed by atoms with Crippen molar-refractivity contribution in [3.63, 3.8) is 0 Å². The second-order valence-corrected chi connectivity index (χ2v) is 6.99. The van der Waals surface area contributed by atoms with E-state index in [0.717, 1.165) is 25.7 Å². The summed E-state index contributed by atoms with van der Waals surface area (Å²) in [5, 5.41) is 2.85. The zero-order chi connectivity index (χ0) is 19.1. The van der Waals surface area contributed by atoms with Gasteiger partial charge in [0.1, 0.15) is 12.3 Å². The molecule has 0 bridgehead atoms. The molecule has 1 aliphatic rings. The molecule has 3 amide bonds. The third kappa shape index (κ3) is 4.90. The molecule has 1 heterocycles. The predicted molar refractivity (Wildman–Crippen MR) is 103 cm³/mol. The Morgan fingerprint density at radius 3 is 2.50 bits per heavy atom. The Balaban J connectivity index is 2.06. The van der Waals surface area contributed by atoms with Crippen LogP contribution in [0.25, 0.3) is 0 Å². The number of benzene rings is 1. The van der Waals surface area contributed by atoms with Gasteiger partial charge in [-0.25, -0.2) is 4.79 Å². The van der Waals surface area contributed by atoms with Crippen molar-refractivity contribution in [2.45, 2.75) is 58.5 Å². The van der Waals surface area contributed by atoms with Gasteiger partial charge in [-0.05, 0) is 51.7 Å². The number of carbonyl (C=O) groups excluding carboxylic acids is 2. The van der Waals surface area contributed by atoms with Crippen molar-refractivity contribution in [1.29, 1.82) is 0 Å². The molecule has 6 heteroatoms. The average molecular weight is 361 g/mol. The Bertz CT molecular complexity index is 610. The first-order valence-corrected chi connectivity index (χ1v) is 9.48. The zero-order valence-electron chi connectivity index (χ0n) is 16.3. The zero-order valence-corrected chi connectivity index (χ0v) is 16.3. The highest BCUT2D eigenvalue weighted by molar-refractivity contribution is 5.95. The number of rotatable bonds is 6. The van der Waals surface area contributed by atoms with Crippen LogP contribution in [0.4, 0.5) is 10.5 Å². The van der Waals surface area contributed by atoms with E-state index in [9.17, 15) is 9.59 Å². The topological polar surface area (TPSA) is 61.9 Å². The average Bonchev–Trinajstić information content (AvgIpc) is 2.61. The number of hydrogen-bond acceptors (Lipinski definition) is 3. The number of nitrogens with zero attached hydrogens (tertiary/aromatic N) is 2. The third-order valence-electron chi connectivity index (χ3n) is 4.89. The van der Waals surface area contributed by atoms with Gasteiger partial charge in [-0.1, -0.05) is 19.1 Å². The predicted octanol–water partition coefficient (Wildman–Crippen LogP) is 3.73. The van der Waals surface area contributed by atoms with E-state index in [1.165, 1.54) is 0 Å². The van der Waals surface area contributed by atoms with Crippen molar-refractivity contribution in [1.82, 2.24) is 9.80 Å². The maximum absolute atomic E-state index is 13.1. The first-order valence-electron chi connectivity index (χ1n) is 9.48. The number of piperidine rings is 1. The molecule has 1 fully saturated rings. The van der Waals surface area contributed by atoms with E-state index >= 15 is 0 Å². The molecule has 1 saturated heterocycles. The SMILES string of the molecule is CCCN(CC(=O)Nc1ccccc1OC)C(=O)N1[C@@H](C)CCC[C@@H]1C. The van der Waals surface area contributed by atoms with E-state index in [4.69, 9.17) is 4.74 Å². The Kier molecular flexibility index (Phi) is 7.30. The molecule has 0 radical (unpaired) electrons. The fourth-order valence-corrected chi connectivity index (χ4v) is 3.58. The number of anilines is 1. The van der Waals surface area contributed by atoms with Gasteiger partial charge in [0.2, 0.25) is 5.91 Å². The van der Waals surface area contributed by atoms with Crippen LogP contribution in [0.2, 0.25) is 0 Å². The number of urea groups is 1. The lowest BCUT2D eigenvalue weighted by Gasteiger charge is -2.41. The maximum atomic E-state index is 13.1. The van der Waals surface area contributed by atoms with Gasteiger partial charge in [-0.3, -0.25) is 4.79 Å². The highest BCUT2D eigenvalue weighted by Gasteiger charge is 2.32. The summed E-state index contributed by atoms with van der Waals surface area (Å²) in [6, 6.07) is 7.65. The third-order valence-corrected chi connectivity index (χ3v) is 4.89. The Hall–Kier alpha value is -2.24. The maximum Gasteiger partial charge on any atom is 0.320 e. The number of likely N-dealkylation sites (tertiary alicyclic amines) is 1. The van der Waals surface area contributed by atoms with E-state index in [-0.39, 0.29) is 30.6 Å². The van der Waals surface area contributed by atoms with Crippen molar-refractivity contribution in [3.8, 4) is 5.75 Å². The van der Waals surface area contributed by atoms with Gasteiger partial charge in [0.15, 0.2) is 0 Å². The fraction of sp³-hybridized carbons (Fsp3) is 0.600. The summed E-state index contributed by atoms with van der Waals surface area (Å²) in [4.78, 5) is 29.2. The molecule has 6 nitrogen and oxygen atoms in total. The Labute approximate surface area is 156 Å². The van der Waals surface area contributed by atoms with E-state index in [2.05, 4.69) is 19.2 Å². The molecule has 1 aromatic rings. The number of methoxy groups -OCH3 is 1. The lowest BCUT2D eigenvalue weighted by molar-refractivity contribution is -0.117. The number of hydrogen-bond donors (Lipinski definition) is 1. The summed E-state index contributed by atoms with van der Waals surface area (Å²) >= 11 is 0. The summed E-state index contributed by atoms with van der Waals surface area (Å²) < 4.78 is 5.27. The van der Waals surface area contributed by atoms with E-state index < -0.39 is 0 Å². The molecule has 0 aliphatic carbocycles. The molecule has 1 N–H and O–H groups in total. The number of nitrogens with one attached hydrogen (secondary N) is 1. The molecular formula is C20H31N3O3. The van der Waals surface area contributed by atoms with Crippen molar-refractivity contribution < 1.29 is 14.3 Å². The largest absolute Gasteiger partial charge is 0.495 e. The highest BCUT2D eigenvalue weighted by atomic mass is 16.5. The molecule has 26 heavy (non-hydrogen) atoms. The first kappa shape index (κ1) is 20.1. The lowest BCUT2D eigenvalue weighted by atomic mass is 9.98. The second-order valence-electron chi connectivity index (χ2n) is 6.99. The van der Waals surface area contributed by atoms with Crippen LogP contribution in [0.3, 0.4) is 0 Å². The van der Waals surface area contributed by atoms with Crippen LogP contribution in [0.5, 0.6) is 5.75 Å². The minimum absolute atomic E-state index is 0.0401. The van der Waals surface area contributed by atoms with Crippen LogP contribution in [-0.4, -0.2) is 54.0 Å². The minimum Gasteiger partial charge on any atom is -0.495 e.